The predicted molar refractivity (Wildman–Crippen MR) is 81.5 cm³/mol. The molecule has 0 radical (unpaired) electrons. The topological polar surface area (TPSA) is 32.3 Å². The van der Waals surface area contributed by atoms with Crippen LogP contribution >= 0.6 is 35.6 Å². The molecule has 106 valence electrons. The molecule has 0 saturated carbocycles. The minimum Gasteiger partial charge on any atom is -0.337 e. The highest BCUT2D eigenvalue weighted by Gasteiger charge is 2.23. The monoisotopic (exact) mass is 322 g/mol. The van der Waals surface area contributed by atoms with Crippen LogP contribution in [0.15, 0.2) is 18.2 Å². The van der Waals surface area contributed by atoms with Crippen molar-refractivity contribution >= 4 is 41.5 Å². The minimum atomic E-state index is 0. The van der Waals surface area contributed by atoms with Gasteiger partial charge in [0.2, 0.25) is 5.91 Å². The van der Waals surface area contributed by atoms with Gasteiger partial charge in [0.25, 0.3) is 0 Å². The van der Waals surface area contributed by atoms with E-state index >= 15 is 0 Å². The number of carbonyl (C=O) groups excluding carboxylic acids is 1. The normalized spacial score (nSPS) is 18.9. The van der Waals surface area contributed by atoms with Gasteiger partial charge in [-0.1, -0.05) is 29.3 Å². The number of nitrogens with zero attached hydrogens (tertiary/aromatic N) is 1. The van der Waals surface area contributed by atoms with Crippen molar-refractivity contribution in [2.75, 3.05) is 19.6 Å². The lowest BCUT2D eigenvalue weighted by Gasteiger charge is -2.34. The lowest BCUT2D eigenvalue weighted by atomic mass is 10.1. The number of benzene rings is 1. The van der Waals surface area contributed by atoms with Crippen LogP contribution in [0.5, 0.6) is 0 Å². The van der Waals surface area contributed by atoms with Crippen LogP contribution in [0.4, 0.5) is 0 Å². The third-order valence-electron chi connectivity index (χ3n) is 3.18. The van der Waals surface area contributed by atoms with E-state index in [0.717, 1.165) is 25.2 Å². The Morgan fingerprint density at radius 3 is 2.84 bits per heavy atom. The van der Waals surface area contributed by atoms with Gasteiger partial charge in [0.1, 0.15) is 0 Å². The fourth-order valence-electron chi connectivity index (χ4n) is 2.14. The van der Waals surface area contributed by atoms with Gasteiger partial charge in [0.15, 0.2) is 0 Å². The summed E-state index contributed by atoms with van der Waals surface area (Å²) in [6.45, 7) is 4.50. The Balaban J connectivity index is 0.00000180. The summed E-state index contributed by atoms with van der Waals surface area (Å²) in [5.74, 6) is 0.119. The maximum absolute atomic E-state index is 12.2. The fraction of sp³-hybridized carbons (Fsp3) is 0.462. The maximum atomic E-state index is 12.2. The molecule has 1 aliphatic rings. The summed E-state index contributed by atoms with van der Waals surface area (Å²) in [6.07, 6.45) is 0.334. The molecule has 1 aromatic rings. The van der Waals surface area contributed by atoms with Gasteiger partial charge in [-0.3, -0.25) is 4.79 Å². The van der Waals surface area contributed by atoms with Gasteiger partial charge in [-0.25, -0.2) is 0 Å². The Hall–Kier alpha value is -0.480. The highest BCUT2D eigenvalue weighted by Crippen LogP contribution is 2.22. The first-order chi connectivity index (χ1) is 8.58. The molecule has 1 N–H and O–H groups in total. The summed E-state index contributed by atoms with van der Waals surface area (Å²) in [5.41, 5.74) is 0.830. The summed E-state index contributed by atoms with van der Waals surface area (Å²) in [4.78, 5) is 14.1. The van der Waals surface area contributed by atoms with Gasteiger partial charge in [0.05, 0.1) is 6.42 Å². The first-order valence-electron chi connectivity index (χ1n) is 6.02. The molecular formula is C13H17Cl3N2O. The third-order valence-corrected chi connectivity index (χ3v) is 3.77. The smallest absolute Gasteiger partial charge is 0.227 e. The van der Waals surface area contributed by atoms with Crippen molar-refractivity contribution in [3.8, 4) is 0 Å². The zero-order chi connectivity index (χ0) is 13.1. The van der Waals surface area contributed by atoms with Gasteiger partial charge < -0.3 is 10.2 Å². The Bertz CT molecular complexity index is 454. The van der Waals surface area contributed by atoms with Crippen LogP contribution in [-0.4, -0.2) is 36.5 Å². The van der Waals surface area contributed by atoms with Crippen molar-refractivity contribution in [1.82, 2.24) is 10.2 Å². The molecule has 2 rings (SSSR count). The molecule has 0 unspecified atom stereocenters. The lowest BCUT2D eigenvalue weighted by molar-refractivity contribution is -0.133. The molecule has 0 spiro atoms. The molecule has 0 aromatic heterocycles. The summed E-state index contributed by atoms with van der Waals surface area (Å²) in [5, 5.41) is 4.41. The molecule has 1 aromatic carbocycles. The first kappa shape index (κ1) is 16.6. The van der Waals surface area contributed by atoms with Gasteiger partial charge in [-0.15, -0.1) is 12.4 Å². The average molecular weight is 324 g/mol. The number of hydrogen-bond acceptors (Lipinski definition) is 2. The van der Waals surface area contributed by atoms with E-state index in [0.29, 0.717) is 16.5 Å². The molecule has 1 amide bonds. The number of piperazine rings is 1. The van der Waals surface area contributed by atoms with E-state index in [4.69, 9.17) is 23.2 Å². The molecule has 1 aliphatic heterocycles. The number of hydrogen-bond donors (Lipinski definition) is 1. The molecule has 0 bridgehead atoms. The predicted octanol–water partition coefficient (Wildman–Crippen LogP) is 2.78. The maximum Gasteiger partial charge on any atom is 0.227 e. The van der Waals surface area contributed by atoms with Crippen molar-refractivity contribution in [3.05, 3.63) is 33.8 Å². The lowest BCUT2D eigenvalue weighted by Crippen LogP contribution is -2.52. The quantitative estimate of drug-likeness (QED) is 0.907. The van der Waals surface area contributed by atoms with Crippen LogP contribution in [-0.2, 0) is 11.2 Å². The number of carbonyl (C=O) groups is 1. The number of nitrogens with one attached hydrogen (secondary N) is 1. The molecular weight excluding hydrogens is 307 g/mol. The molecule has 1 heterocycles. The molecule has 6 heteroatoms. The van der Waals surface area contributed by atoms with Crippen LogP contribution in [0.3, 0.4) is 0 Å². The standard InChI is InChI=1S/C13H16Cl2N2O.ClH/c1-9-8-16-4-5-17(9)13(18)6-10-2-3-11(14)7-12(10)15;/h2-3,7,9,16H,4-6,8H2,1H3;1H/t9-;/m1./s1. The summed E-state index contributed by atoms with van der Waals surface area (Å²) in [7, 11) is 0. The number of amides is 1. The van der Waals surface area contributed by atoms with Gasteiger partial charge in [0, 0.05) is 35.7 Å². The number of rotatable bonds is 2. The van der Waals surface area contributed by atoms with E-state index in [1.54, 1.807) is 12.1 Å². The van der Waals surface area contributed by atoms with Crippen molar-refractivity contribution in [1.29, 1.82) is 0 Å². The Morgan fingerprint density at radius 1 is 1.47 bits per heavy atom. The molecule has 3 nitrogen and oxygen atoms in total. The Morgan fingerprint density at radius 2 is 2.21 bits per heavy atom. The first-order valence-corrected chi connectivity index (χ1v) is 6.77. The van der Waals surface area contributed by atoms with Crippen LogP contribution in [0.1, 0.15) is 12.5 Å². The van der Waals surface area contributed by atoms with E-state index < -0.39 is 0 Å². The number of halogens is 3. The van der Waals surface area contributed by atoms with Crippen molar-refractivity contribution in [2.24, 2.45) is 0 Å². The zero-order valence-electron chi connectivity index (χ0n) is 10.7. The molecule has 0 aliphatic carbocycles. The molecule has 1 atom stereocenters. The van der Waals surface area contributed by atoms with E-state index in [1.807, 2.05) is 17.9 Å². The Labute approximate surface area is 129 Å². The SMILES string of the molecule is C[C@@H]1CNCCN1C(=O)Cc1ccc(Cl)cc1Cl.Cl. The van der Waals surface area contributed by atoms with Crippen molar-refractivity contribution in [3.63, 3.8) is 0 Å². The van der Waals surface area contributed by atoms with E-state index in [1.165, 1.54) is 0 Å². The summed E-state index contributed by atoms with van der Waals surface area (Å²) in [6, 6.07) is 5.48. The molecule has 19 heavy (non-hydrogen) atoms. The van der Waals surface area contributed by atoms with Crippen molar-refractivity contribution in [2.45, 2.75) is 19.4 Å². The average Bonchev–Trinajstić information content (AvgIpc) is 2.33. The van der Waals surface area contributed by atoms with Crippen LogP contribution in [0.25, 0.3) is 0 Å². The van der Waals surface area contributed by atoms with Crippen LogP contribution < -0.4 is 5.32 Å². The summed E-state index contributed by atoms with van der Waals surface area (Å²) < 4.78 is 0. The van der Waals surface area contributed by atoms with Crippen LogP contribution in [0.2, 0.25) is 10.0 Å². The molecule has 1 saturated heterocycles. The van der Waals surface area contributed by atoms with Gasteiger partial charge in [-0.2, -0.15) is 0 Å². The van der Waals surface area contributed by atoms with E-state index in [-0.39, 0.29) is 24.4 Å². The summed E-state index contributed by atoms with van der Waals surface area (Å²) >= 11 is 11.9. The van der Waals surface area contributed by atoms with Crippen LogP contribution in [0, 0.1) is 0 Å². The second-order valence-electron chi connectivity index (χ2n) is 4.55. The van der Waals surface area contributed by atoms with Crippen molar-refractivity contribution < 1.29 is 4.79 Å². The molecule has 1 fully saturated rings. The second kappa shape index (κ2) is 7.34. The second-order valence-corrected chi connectivity index (χ2v) is 5.40. The fourth-order valence-corrected chi connectivity index (χ4v) is 2.62. The largest absolute Gasteiger partial charge is 0.337 e. The van der Waals surface area contributed by atoms with E-state index in [9.17, 15) is 4.79 Å². The van der Waals surface area contributed by atoms with Gasteiger partial charge in [-0.05, 0) is 24.6 Å². The highest BCUT2D eigenvalue weighted by molar-refractivity contribution is 6.35. The third kappa shape index (κ3) is 4.25. The zero-order valence-corrected chi connectivity index (χ0v) is 13.0. The van der Waals surface area contributed by atoms with Gasteiger partial charge >= 0.3 is 0 Å². The Kier molecular flexibility index (Phi) is 6.40. The minimum absolute atomic E-state index is 0. The highest BCUT2D eigenvalue weighted by atomic mass is 35.5. The van der Waals surface area contributed by atoms with E-state index in [2.05, 4.69) is 5.32 Å².